The summed E-state index contributed by atoms with van der Waals surface area (Å²) in [7, 11) is 0. The molecule has 0 aliphatic carbocycles. The van der Waals surface area contributed by atoms with Gasteiger partial charge in [-0.2, -0.15) is 0 Å². The van der Waals surface area contributed by atoms with Gasteiger partial charge in [-0.05, 0) is 43.2 Å². The lowest BCUT2D eigenvalue weighted by Gasteiger charge is -1.94. The van der Waals surface area contributed by atoms with Crippen LogP contribution in [0.2, 0.25) is 0 Å². The second-order valence-corrected chi connectivity index (χ2v) is 5.56. The summed E-state index contributed by atoms with van der Waals surface area (Å²) in [6, 6.07) is 6.11. The van der Waals surface area contributed by atoms with Gasteiger partial charge in [0.1, 0.15) is 5.56 Å². The fourth-order valence-corrected chi connectivity index (χ4v) is 1.62. The number of unbranched alkanes of at least 4 members (excludes halogenated alkanes) is 1. The molecule has 0 aliphatic rings. The molecule has 0 aliphatic heterocycles. The lowest BCUT2D eigenvalue weighted by Crippen LogP contribution is -2.03. The van der Waals surface area contributed by atoms with Gasteiger partial charge in [-0.25, -0.2) is 19.2 Å². The highest BCUT2D eigenvalue weighted by Gasteiger charge is 2.18. The summed E-state index contributed by atoms with van der Waals surface area (Å²) < 4.78 is 4.41. The van der Waals surface area contributed by atoms with Gasteiger partial charge in [-0.15, -0.1) is 0 Å². The number of carbonyl (C=O) groups is 4. The van der Waals surface area contributed by atoms with Crippen LogP contribution < -0.4 is 0 Å². The summed E-state index contributed by atoms with van der Waals surface area (Å²) in [5, 5.41) is 65.1. The number of rotatable bonds is 8. The molecule has 0 saturated heterocycles. The van der Waals surface area contributed by atoms with Crippen LogP contribution in [-0.2, 0) is 0 Å². The molecule has 2 rings (SSSR count). The maximum atomic E-state index is 10.3. The Morgan fingerprint density at radius 2 is 0.970 bits per heavy atom. The topological polar surface area (TPSA) is 243 Å². The normalized spacial score (nSPS) is 9.09. The second kappa shape index (κ2) is 18.9. The maximum absolute atomic E-state index is 10.3. The predicted octanol–water partition coefficient (Wildman–Crippen LogP) is 0.481. The third-order valence-electron chi connectivity index (χ3n) is 3.13. The molecule has 8 N–H and O–H groups in total. The Labute approximate surface area is 187 Å². The fraction of sp³-hybridized carbons (Fsp3) is 0.300. The molecule has 0 saturated carbocycles. The van der Waals surface area contributed by atoms with Crippen LogP contribution in [0.3, 0.4) is 0 Å². The van der Waals surface area contributed by atoms with E-state index < -0.39 is 29.6 Å². The van der Waals surface area contributed by atoms with Gasteiger partial charge in [0.15, 0.2) is 0 Å². The Morgan fingerprint density at radius 3 is 1.18 bits per heavy atom. The van der Waals surface area contributed by atoms with Gasteiger partial charge in [-0.3, -0.25) is 0 Å². The molecule has 13 nitrogen and oxygen atoms in total. The van der Waals surface area contributed by atoms with Crippen LogP contribution in [0.25, 0.3) is 0 Å². The first kappa shape index (κ1) is 31.4. The van der Waals surface area contributed by atoms with E-state index in [0.717, 1.165) is 25.2 Å². The number of hydrogen-bond donors (Lipinski definition) is 8. The van der Waals surface area contributed by atoms with Crippen molar-refractivity contribution >= 4 is 23.9 Å². The molecular formula is C20H26O13. The van der Waals surface area contributed by atoms with Crippen molar-refractivity contribution in [2.75, 3.05) is 26.4 Å². The third kappa shape index (κ3) is 14.8. The van der Waals surface area contributed by atoms with Gasteiger partial charge < -0.3 is 45.3 Å². The highest BCUT2D eigenvalue weighted by Crippen LogP contribution is 2.09. The number of hydrogen-bond acceptors (Lipinski definition) is 9. The van der Waals surface area contributed by atoms with Crippen LogP contribution >= 0.6 is 0 Å². The molecule has 2 aromatic rings. The molecule has 0 radical (unpaired) electrons. The van der Waals surface area contributed by atoms with E-state index in [9.17, 15) is 19.2 Å². The van der Waals surface area contributed by atoms with E-state index in [1.165, 1.54) is 24.3 Å². The molecule has 0 unspecified atom stereocenters. The Morgan fingerprint density at radius 1 is 0.576 bits per heavy atom. The fourth-order valence-electron chi connectivity index (χ4n) is 1.62. The zero-order chi connectivity index (χ0) is 25.8. The zero-order valence-corrected chi connectivity index (χ0v) is 17.3. The van der Waals surface area contributed by atoms with Crippen LogP contribution in [0, 0.1) is 0 Å². The molecule has 1 heterocycles. The summed E-state index contributed by atoms with van der Waals surface area (Å²) >= 11 is 0. The van der Waals surface area contributed by atoms with Gasteiger partial charge in [0.05, 0.1) is 30.6 Å². The number of furan rings is 1. The van der Waals surface area contributed by atoms with Crippen LogP contribution in [-0.4, -0.2) is 91.2 Å². The van der Waals surface area contributed by atoms with Crippen molar-refractivity contribution in [1.29, 1.82) is 0 Å². The summed E-state index contributed by atoms with van der Waals surface area (Å²) in [5.74, 6) is -5.36. The van der Waals surface area contributed by atoms with Crippen LogP contribution in [0.15, 0.2) is 41.0 Å². The van der Waals surface area contributed by atoms with E-state index in [2.05, 4.69) is 4.42 Å². The maximum Gasteiger partial charge on any atom is 0.372 e. The largest absolute Gasteiger partial charge is 0.478 e. The average molecular weight is 474 g/mol. The van der Waals surface area contributed by atoms with E-state index in [1.54, 1.807) is 0 Å². The molecule has 0 fully saturated rings. The minimum Gasteiger partial charge on any atom is -0.478 e. The quantitative estimate of drug-likeness (QED) is 0.243. The van der Waals surface area contributed by atoms with E-state index in [0.29, 0.717) is 0 Å². The predicted molar refractivity (Wildman–Crippen MR) is 111 cm³/mol. The van der Waals surface area contributed by atoms with Crippen molar-refractivity contribution in [2.45, 2.75) is 12.8 Å². The first-order chi connectivity index (χ1) is 15.6. The van der Waals surface area contributed by atoms with Crippen LogP contribution in [0.1, 0.15) is 54.5 Å². The van der Waals surface area contributed by atoms with Gasteiger partial charge in [0.2, 0.25) is 5.76 Å². The lowest BCUT2D eigenvalue weighted by molar-refractivity contribution is 0.0625. The molecule has 0 bridgehead atoms. The SMILES string of the molecule is O=C(O)c1ccc(C(=O)O)cc1.O=C(O)c1ccoc1C(=O)O.OCCCCO.OCCO. The second-order valence-electron chi connectivity index (χ2n) is 5.56. The standard InChI is InChI=1S/C8H6O4.C6H4O5.C4H10O2.C2H6O2/c9-7(10)5-1-2-6(4-3-5)8(11)12;7-5(8)3-1-2-11-4(3)6(9)10;5-3-1-2-4-6;3-1-2-4/h1-4H,(H,9,10)(H,11,12);1-2H,(H,7,8)(H,9,10);5-6H,1-4H2;3-4H,1-2H2. The van der Waals surface area contributed by atoms with Gasteiger partial charge in [-0.1, -0.05) is 0 Å². The number of carboxylic acids is 4. The molecule has 33 heavy (non-hydrogen) atoms. The highest BCUT2D eigenvalue weighted by atomic mass is 16.4. The van der Waals surface area contributed by atoms with Crippen molar-refractivity contribution in [3.8, 4) is 0 Å². The van der Waals surface area contributed by atoms with Crippen molar-refractivity contribution in [3.63, 3.8) is 0 Å². The highest BCUT2D eigenvalue weighted by molar-refractivity contribution is 5.99. The Hall–Kier alpha value is -3.78. The Bertz CT molecular complexity index is 772. The van der Waals surface area contributed by atoms with Crippen LogP contribution in [0.5, 0.6) is 0 Å². The average Bonchev–Trinajstić information content (AvgIpc) is 3.29. The first-order valence-electron chi connectivity index (χ1n) is 9.11. The van der Waals surface area contributed by atoms with E-state index >= 15 is 0 Å². The Kier molecular flexibility index (Phi) is 18.0. The lowest BCUT2D eigenvalue weighted by atomic mass is 10.1. The Balaban J connectivity index is 0. The number of aliphatic hydroxyl groups excluding tert-OH is 4. The minimum atomic E-state index is -1.38. The van der Waals surface area contributed by atoms with Crippen molar-refractivity contribution < 1.29 is 64.4 Å². The van der Waals surface area contributed by atoms with Gasteiger partial charge in [0, 0.05) is 13.2 Å². The number of aromatic carboxylic acids is 4. The number of aliphatic hydroxyl groups is 4. The smallest absolute Gasteiger partial charge is 0.372 e. The monoisotopic (exact) mass is 474 g/mol. The van der Waals surface area contributed by atoms with Crippen LogP contribution in [0.4, 0.5) is 0 Å². The van der Waals surface area contributed by atoms with E-state index in [1.807, 2.05) is 0 Å². The molecule has 1 aromatic heterocycles. The zero-order valence-electron chi connectivity index (χ0n) is 17.3. The number of carboxylic acid groups (broad SMARTS) is 4. The van der Waals surface area contributed by atoms with E-state index in [4.69, 9.17) is 40.9 Å². The molecule has 0 atom stereocenters. The van der Waals surface area contributed by atoms with E-state index in [-0.39, 0.29) is 43.1 Å². The summed E-state index contributed by atoms with van der Waals surface area (Å²) in [5.41, 5.74) is -0.169. The summed E-state index contributed by atoms with van der Waals surface area (Å²) in [4.78, 5) is 41.2. The van der Waals surface area contributed by atoms with Crippen molar-refractivity contribution in [1.82, 2.24) is 0 Å². The summed E-state index contributed by atoms with van der Waals surface area (Å²) in [6.07, 6.45) is 2.46. The van der Waals surface area contributed by atoms with Crippen molar-refractivity contribution in [2.24, 2.45) is 0 Å². The molecule has 13 heteroatoms. The first-order valence-corrected chi connectivity index (χ1v) is 9.11. The van der Waals surface area contributed by atoms with Gasteiger partial charge in [0.25, 0.3) is 0 Å². The molecule has 0 amide bonds. The molecular weight excluding hydrogens is 448 g/mol. The van der Waals surface area contributed by atoms with Gasteiger partial charge >= 0.3 is 23.9 Å². The summed E-state index contributed by atoms with van der Waals surface area (Å²) in [6.45, 7) is 0.140. The third-order valence-corrected chi connectivity index (χ3v) is 3.13. The van der Waals surface area contributed by atoms with Crippen molar-refractivity contribution in [3.05, 3.63) is 59.0 Å². The number of benzene rings is 1. The molecule has 1 aromatic carbocycles. The minimum absolute atomic E-state index is 0.0833. The molecule has 184 valence electrons. The molecule has 0 spiro atoms.